The zero-order valence-corrected chi connectivity index (χ0v) is 18.1. The number of carboxylic acid groups (broad SMARTS) is 1. The van der Waals surface area contributed by atoms with Gasteiger partial charge in [-0.05, 0) is 0 Å². The number of nitrogens with two attached hydrogens (primary N) is 1. The Morgan fingerprint density at radius 3 is 1.24 bits per heavy atom. The van der Waals surface area contributed by atoms with Crippen LogP contribution in [0.1, 0.15) is 0 Å². The van der Waals surface area contributed by atoms with E-state index in [-0.39, 0.29) is 30.5 Å². The second-order valence-electron chi connectivity index (χ2n) is 4.09. The van der Waals surface area contributed by atoms with Crippen LogP contribution in [0.4, 0.5) is 0 Å². The summed E-state index contributed by atoms with van der Waals surface area (Å²) in [5.41, 5.74) is 4.94. The molecule has 0 aromatic heterocycles. The van der Waals surface area contributed by atoms with Gasteiger partial charge in [0.1, 0.15) is 6.04 Å². The van der Waals surface area contributed by atoms with E-state index in [1.165, 1.54) is 0 Å². The minimum absolute atomic E-state index is 0.184. The van der Waals surface area contributed by atoms with Crippen molar-refractivity contribution in [2.24, 2.45) is 5.73 Å². The van der Waals surface area contributed by atoms with Gasteiger partial charge in [0.05, 0.1) is 31.5 Å². The molecule has 0 saturated heterocycles. The van der Waals surface area contributed by atoms with E-state index >= 15 is 0 Å². The molecule has 0 fully saturated rings. The summed E-state index contributed by atoms with van der Waals surface area (Å²) in [4.78, 5) is 9.76. The van der Waals surface area contributed by atoms with E-state index in [1.54, 1.807) is 0 Å². The molecular weight excluding hydrogens is 430 g/mol. The quantitative estimate of drug-likeness (QED) is 0.186. The number of carbonyl (C=O) groups is 1. The van der Waals surface area contributed by atoms with Crippen molar-refractivity contribution in [2.75, 3.05) is 42.0 Å². The topological polar surface area (TPSA) is 164 Å². The van der Waals surface area contributed by atoms with Gasteiger partial charge in [0.2, 0.25) is 0 Å². The molecule has 0 amide bonds. The molecular formula is C12H31NO7S5. The van der Waals surface area contributed by atoms with E-state index < -0.39 is 30.3 Å². The minimum atomic E-state index is -1.00. The smallest absolute Gasteiger partial charge is 0.321 e. The van der Waals surface area contributed by atoms with Crippen molar-refractivity contribution in [3.63, 3.8) is 0 Å². The Labute approximate surface area is 176 Å². The minimum Gasteiger partial charge on any atom is -0.480 e. The van der Waals surface area contributed by atoms with Crippen LogP contribution in [0.25, 0.3) is 0 Å². The van der Waals surface area contributed by atoms with Crippen LogP contribution in [-0.2, 0) is 4.79 Å². The van der Waals surface area contributed by atoms with Crippen molar-refractivity contribution in [1.29, 1.82) is 0 Å². The van der Waals surface area contributed by atoms with Gasteiger partial charge in [-0.15, -0.1) is 0 Å². The SMILES string of the molecule is NC(CS)C(=O)O.OCC(O)CS.OCCS.O[C@H](CS)[C@H](O)CS. The Morgan fingerprint density at radius 2 is 1.20 bits per heavy atom. The maximum Gasteiger partial charge on any atom is 0.321 e. The highest BCUT2D eigenvalue weighted by molar-refractivity contribution is 7.81. The van der Waals surface area contributed by atoms with Crippen molar-refractivity contribution < 1.29 is 35.4 Å². The molecule has 156 valence electrons. The van der Waals surface area contributed by atoms with Crippen molar-refractivity contribution in [3.8, 4) is 0 Å². The fourth-order valence-electron chi connectivity index (χ4n) is 0.379. The van der Waals surface area contributed by atoms with Crippen LogP contribution < -0.4 is 5.73 Å². The van der Waals surface area contributed by atoms with Crippen molar-refractivity contribution in [3.05, 3.63) is 0 Å². The van der Waals surface area contributed by atoms with Crippen molar-refractivity contribution in [1.82, 2.24) is 0 Å². The van der Waals surface area contributed by atoms with Gasteiger partial charge < -0.3 is 36.4 Å². The summed E-state index contributed by atoms with van der Waals surface area (Å²) in [6.07, 6.45) is -2.13. The lowest BCUT2D eigenvalue weighted by Gasteiger charge is -2.11. The van der Waals surface area contributed by atoms with Gasteiger partial charge >= 0.3 is 5.97 Å². The second kappa shape index (κ2) is 27.2. The summed E-state index contributed by atoms with van der Waals surface area (Å²) in [6.45, 7) is -0.00733. The van der Waals surface area contributed by atoms with Crippen LogP contribution in [0, 0.1) is 0 Å². The van der Waals surface area contributed by atoms with Gasteiger partial charge in [0, 0.05) is 28.8 Å². The molecule has 4 atom stereocenters. The Bertz CT molecular complexity index is 256. The summed E-state index contributed by atoms with van der Waals surface area (Å²) in [6, 6.07) is -0.816. The summed E-state index contributed by atoms with van der Waals surface area (Å²) in [5.74, 6) is 0.643. The zero-order chi connectivity index (χ0) is 20.8. The number of thiol groups is 5. The number of aliphatic hydroxyl groups excluding tert-OH is 5. The fourth-order valence-corrected chi connectivity index (χ4v) is 1.14. The van der Waals surface area contributed by atoms with E-state index in [1.807, 2.05) is 0 Å². The largest absolute Gasteiger partial charge is 0.480 e. The Kier molecular flexibility index (Phi) is 36.5. The molecule has 0 radical (unpaired) electrons. The van der Waals surface area contributed by atoms with Crippen LogP contribution in [0.5, 0.6) is 0 Å². The first-order valence-corrected chi connectivity index (χ1v) is 10.1. The second-order valence-corrected chi connectivity index (χ2v) is 6.00. The third-order valence-electron chi connectivity index (χ3n) is 1.85. The third-order valence-corrected chi connectivity index (χ3v) is 3.62. The van der Waals surface area contributed by atoms with E-state index in [9.17, 15) is 4.79 Å². The molecule has 25 heavy (non-hydrogen) atoms. The standard InChI is InChI=1S/C4H10O2S2.C3H7NO2S.C3H8O2S.C2H6OS/c5-3(1-7)4(6)2-8;4-2(1-7)3(5)6;4-1-3(5)2-6;3-1-2-4/h3-8H,1-2H2;2,7H,1,4H2,(H,5,6);3-6H,1-2H2;3-4H,1-2H2/t3-,4-;;;/m1.../s1. The maximum atomic E-state index is 9.76. The van der Waals surface area contributed by atoms with Crippen molar-refractivity contribution in [2.45, 2.75) is 24.4 Å². The van der Waals surface area contributed by atoms with E-state index in [0.717, 1.165) is 0 Å². The molecule has 0 aromatic rings. The predicted molar refractivity (Wildman–Crippen MR) is 117 cm³/mol. The highest BCUT2D eigenvalue weighted by Gasteiger charge is 2.10. The molecule has 0 aliphatic rings. The van der Waals surface area contributed by atoms with Crippen LogP contribution >= 0.6 is 63.1 Å². The average Bonchev–Trinajstić information content (AvgIpc) is 2.65. The Morgan fingerprint density at radius 1 is 0.840 bits per heavy atom. The summed E-state index contributed by atoms with van der Waals surface area (Å²) in [7, 11) is 0. The zero-order valence-electron chi connectivity index (χ0n) is 13.7. The molecule has 0 aromatic carbocycles. The van der Waals surface area contributed by atoms with E-state index in [0.29, 0.717) is 11.5 Å². The van der Waals surface area contributed by atoms with E-state index in [2.05, 4.69) is 63.1 Å². The molecule has 0 saturated carbocycles. The molecule has 0 aliphatic carbocycles. The van der Waals surface area contributed by atoms with Crippen LogP contribution in [0.3, 0.4) is 0 Å². The summed E-state index contributed by atoms with van der Waals surface area (Å²) >= 11 is 18.5. The normalized spacial score (nSPS) is 14.2. The first kappa shape index (κ1) is 33.6. The Hall–Kier alpha value is 0.980. The lowest BCUT2D eigenvalue weighted by Crippen LogP contribution is -2.31. The van der Waals surface area contributed by atoms with Gasteiger partial charge in [-0.1, -0.05) is 0 Å². The number of carboxylic acids is 1. The Balaban J connectivity index is -0.000000121. The highest BCUT2D eigenvalue weighted by atomic mass is 32.1. The monoisotopic (exact) mass is 461 g/mol. The number of aliphatic carboxylic acids is 1. The van der Waals surface area contributed by atoms with Gasteiger partial charge in [0.15, 0.2) is 0 Å². The fraction of sp³-hybridized carbons (Fsp3) is 0.917. The first-order chi connectivity index (χ1) is 11.6. The van der Waals surface area contributed by atoms with Crippen molar-refractivity contribution >= 4 is 69.1 Å². The number of aliphatic hydroxyl groups is 5. The highest BCUT2D eigenvalue weighted by Crippen LogP contribution is 1.96. The first-order valence-electron chi connectivity index (χ1n) is 6.91. The van der Waals surface area contributed by atoms with Crippen LogP contribution in [0.2, 0.25) is 0 Å². The molecule has 0 spiro atoms. The average molecular weight is 462 g/mol. The lowest BCUT2D eigenvalue weighted by atomic mass is 10.3. The number of rotatable bonds is 8. The maximum absolute atomic E-state index is 9.76. The summed E-state index contributed by atoms with van der Waals surface area (Å²) in [5, 5.41) is 49.7. The molecule has 0 heterocycles. The number of hydrogen-bond donors (Lipinski definition) is 12. The predicted octanol–water partition coefficient (Wildman–Crippen LogP) is -1.93. The molecule has 8 nitrogen and oxygen atoms in total. The molecule has 2 unspecified atom stereocenters. The molecule has 0 bridgehead atoms. The van der Waals surface area contributed by atoms with E-state index in [4.69, 9.17) is 36.4 Å². The third kappa shape index (κ3) is 33.0. The van der Waals surface area contributed by atoms with Gasteiger partial charge in [-0.2, -0.15) is 63.1 Å². The van der Waals surface area contributed by atoms with Gasteiger partial charge in [-0.3, -0.25) is 4.79 Å². The molecule has 8 N–H and O–H groups in total. The summed E-state index contributed by atoms with van der Waals surface area (Å²) < 4.78 is 0. The molecule has 0 aliphatic heterocycles. The van der Waals surface area contributed by atoms with Crippen LogP contribution in [0.15, 0.2) is 0 Å². The molecule has 13 heteroatoms. The van der Waals surface area contributed by atoms with Gasteiger partial charge in [0.25, 0.3) is 0 Å². The lowest BCUT2D eigenvalue weighted by molar-refractivity contribution is -0.137. The number of hydrogen-bond acceptors (Lipinski definition) is 12. The molecule has 0 rings (SSSR count). The van der Waals surface area contributed by atoms with Gasteiger partial charge in [-0.25, -0.2) is 0 Å². The van der Waals surface area contributed by atoms with Crippen LogP contribution in [-0.4, -0.2) is 103 Å².